The van der Waals surface area contributed by atoms with Gasteiger partial charge in [0.1, 0.15) is 5.54 Å². The third kappa shape index (κ3) is 2.39. The van der Waals surface area contributed by atoms with Crippen molar-refractivity contribution in [1.82, 2.24) is 10.2 Å². The van der Waals surface area contributed by atoms with E-state index in [0.29, 0.717) is 18.5 Å². The molecule has 1 saturated heterocycles. The first kappa shape index (κ1) is 13.8. The van der Waals surface area contributed by atoms with Crippen LogP contribution in [0.25, 0.3) is 0 Å². The molecule has 0 aromatic rings. The van der Waals surface area contributed by atoms with Crippen molar-refractivity contribution in [2.45, 2.75) is 50.2 Å². The maximum atomic E-state index is 11.4. The van der Waals surface area contributed by atoms with Crippen molar-refractivity contribution in [2.24, 2.45) is 0 Å². The van der Waals surface area contributed by atoms with Crippen LogP contribution in [-0.2, 0) is 9.53 Å². The van der Waals surface area contributed by atoms with E-state index in [0.717, 1.165) is 39.0 Å². The number of rotatable bonds is 4. The molecule has 3 unspecified atom stereocenters. The van der Waals surface area contributed by atoms with E-state index in [1.54, 1.807) is 7.05 Å². The maximum Gasteiger partial charge on any atom is 0.323 e. The lowest BCUT2D eigenvalue weighted by atomic mass is 9.97. The van der Waals surface area contributed by atoms with E-state index >= 15 is 0 Å². The van der Waals surface area contributed by atoms with Crippen LogP contribution < -0.4 is 5.32 Å². The quantitative estimate of drug-likeness (QED) is 0.775. The molecule has 0 spiro atoms. The summed E-state index contributed by atoms with van der Waals surface area (Å²) >= 11 is 0. The summed E-state index contributed by atoms with van der Waals surface area (Å²) in [6, 6.07) is 0.826. The molecule has 1 heterocycles. The van der Waals surface area contributed by atoms with Crippen molar-refractivity contribution >= 4 is 5.97 Å². The molecule has 1 aliphatic heterocycles. The summed E-state index contributed by atoms with van der Waals surface area (Å²) in [6.45, 7) is 4.66. The number of aliphatic carboxylic acids is 1. The first-order valence-electron chi connectivity index (χ1n) is 6.88. The highest BCUT2D eigenvalue weighted by molar-refractivity contribution is 5.79. The van der Waals surface area contributed by atoms with E-state index in [1.165, 1.54) is 0 Å². The fraction of sp³-hybridized carbons (Fsp3) is 0.923. The number of carboxylic acids is 1. The lowest BCUT2D eigenvalue weighted by molar-refractivity contribution is -0.144. The van der Waals surface area contributed by atoms with E-state index in [2.05, 4.69) is 17.1 Å². The summed E-state index contributed by atoms with van der Waals surface area (Å²) in [7, 11) is 1.76. The van der Waals surface area contributed by atoms with Gasteiger partial charge >= 0.3 is 5.97 Å². The summed E-state index contributed by atoms with van der Waals surface area (Å²) < 4.78 is 5.51. The Bertz CT molecular complexity index is 311. The minimum Gasteiger partial charge on any atom is -0.480 e. The largest absolute Gasteiger partial charge is 0.480 e. The SMILES string of the molecule is CCC1COCCN1C1CCC(NC)(C(=O)O)C1. The van der Waals surface area contributed by atoms with Crippen LogP contribution in [0.5, 0.6) is 0 Å². The number of ether oxygens (including phenoxy) is 1. The number of nitrogens with one attached hydrogen (secondary N) is 1. The van der Waals surface area contributed by atoms with E-state index in [-0.39, 0.29) is 0 Å². The molecule has 0 bridgehead atoms. The lowest BCUT2D eigenvalue weighted by Gasteiger charge is -2.39. The highest BCUT2D eigenvalue weighted by Crippen LogP contribution is 2.35. The average Bonchev–Trinajstić information content (AvgIpc) is 2.84. The van der Waals surface area contributed by atoms with E-state index in [4.69, 9.17) is 4.74 Å². The summed E-state index contributed by atoms with van der Waals surface area (Å²) in [6.07, 6.45) is 3.45. The monoisotopic (exact) mass is 256 g/mol. The summed E-state index contributed by atoms with van der Waals surface area (Å²) in [4.78, 5) is 13.9. The number of likely N-dealkylation sites (N-methyl/N-ethyl adjacent to an activating group) is 1. The van der Waals surface area contributed by atoms with Gasteiger partial charge in [0.25, 0.3) is 0 Å². The number of carboxylic acid groups (broad SMARTS) is 1. The Kier molecular flexibility index (Phi) is 4.25. The normalized spacial score (nSPS) is 37.9. The van der Waals surface area contributed by atoms with Crippen molar-refractivity contribution in [3.63, 3.8) is 0 Å². The standard InChI is InChI=1S/C13H24N2O3/c1-3-10-9-18-7-6-15(10)11-4-5-13(8-11,14-2)12(16)17/h10-11,14H,3-9H2,1-2H3,(H,16,17). The van der Waals surface area contributed by atoms with Gasteiger partial charge in [-0.3, -0.25) is 9.69 Å². The minimum absolute atomic E-state index is 0.377. The summed E-state index contributed by atoms with van der Waals surface area (Å²) in [5, 5.41) is 12.4. The smallest absolute Gasteiger partial charge is 0.323 e. The van der Waals surface area contributed by atoms with Crippen LogP contribution in [0.4, 0.5) is 0 Å². The Morgan fingerprint density at radius 1 is 1.61 bits per heavy atom. The molecule has 18 heavy (non-hydrogen) atoms. The van der Waals surface area contributed by atoms with Crippen molar-refractivity contribution in [3.05, 3.63) is 0 Å². The van der Waals surface area contributed by atoms with Gasteiger partial charge in [0.05, 0.1) is 13.2 Å². The van der Waals surface area contributed by atoms with Crippen LogP contribution in [0.2, 0.25) is 0 Å². The lowest BCUT2D eigenvalue weighted by Crippen LogP contribution is -2.53. The molecule has 0 amide bonds. The van der Waals surface area contributed by atoms with Crippen molar-refractivity contribution in [1.29, 1.82) is 0 Å². The van der Waals surface area contributed by atoms with E-state index in [1.807, 2.05) is 0 Å². The maximum absolute atomic E-state index is 11.4. The summed E-state index contributed by atoms with van der Waals surface area (Å²) in [5.74, 6) is -0.714. The first-order valence-corrected chi connectivity index (χ1v) is 6.88. The molecule has 2 N–H and O–H groups in total. The van der Waals surface area contributed by atoms with Gasteiger partial charge in [-0.15, -0.1) is 0 Å². The highest BCUT2D eigenvalue weighted by Gasteiger charge is 2.47. The van der Waals surface area contributed by atoms with Gasteiger partial charge in [0.15, 0.2) is 0 Å². The van der Waals surface area contributed by atoms with Crippen LogP contribution in [-0.4, -0.2) is 60.4 Å². The molecule has 5 heteroatoms. The zero-order chi connectivity index (χ0) is 13.2. The molecule has 1 saturated carbocycles. The molecule has 2 rings (SSSR count). The molecule has 0 aromatic heterocycles. The predicted molar refractivity (Wildman–Crippen MR) is 68.7 cm³/mol. The minimum atomic E-state index is -0.721. The Hall–Kier alpha value is -0.650. The molecular formula is C13H24N2O3. The third-order valence-electron chi connectivity index (χ3n) is 4.59. The van der Waals surface area contributed by atoms with Gasteiger partial charge in [-0.05, 0) is 32.7 Å². The second-order valence-corrected chi connectivity index (χ2v) is 5.41. The second-order valence-electron chi connectivity index (χ2n) is 5.41. The molecule has 2 fully saturated rings. The van der Waals surface area contributed by atoms with Crippen LogP contribution in [0.15, 0.2) is 0 Å². The molecule has 2 aliphatic rings. The Morgan fingerprint density at radius 3 is 2.94 bits per heavy atom. The third-order valence-corrected chi connectivity index (χ3v) is 4.59. The first-order chi connectivity index (χ1) is 8.63. The fourth-order valence-corrected chi connectivity index (χ4v) is 3.33. The van der Waals surface area contributed by atoms with Gasteiger partial charge in [-0.25, -0.2) is 0 Å². The fourth-order valence-electron chi connectivity index (χ4n) is 3.33. The average molecular weight is 256 g/mol. The Labute approximate surface area is 108 Å². The Balaban J connectivity index is 2.05. The highest BCUT2D eigenvalue weighted by atomic mass is 16.5. The molecule has 5 nitrogen and oxygen atoms in total. The van der Waals surface area contributed by atoms with Crippen LogP contribution >= 0.6 is 0 Å². The van der Waals surface area contributed by atoms with Crippen molar-refractivity contribution < 1.29 is 14.6 Å². The number of hydrogen-bond donors (Lipinski definition) is 2. The van der Waals surface area contributed by atoms with Crippen LogP contribution in [0.1, 0.15) is 32.6 Å². The topological polar surface area (TPSA) is 61.8 Å². The second kappa shape index (κ2) is 5.55. The molecular weight excluding hydrogens is 232 g/mol. The van der Waals surface area contributed by atoms with Crippen LogP contribution in [0.3, 0.4) is 0 Å². The number of hydrogen-bond acceptors (Lipinski definition) is 4. The zero-order valence-corrected chi connectivity index (χ0v) is 11.3. The molecule has 0 radical (unpaired) electrons. The zero-order valence-electron chi connectivity index (χ0n) is 11.3. The van der Waals surface area contributed by atoms with Crippen molar-refractivity contribution in [2.75, 3.05) is 26.8 Å². The number of morpholine rings is 1. The van der Waals surface area contributed by atoms with Gasteiger partial charge in [0, 0.05) is 18.6 Å². The van der Waals surface area contributed by atoms with Gasteiger partial charge in [-0.1, -0.05) is 6.92 Å². The summed E-state index contributed by atoms with van der Waals surface area (Å²) in [5.41, 5.74) is -0.721. The number of carbonyl (C=O) groups is 1. The molecule has 3 atom stereocenters. The van der Waals surface area contributed by atoms with Gasteiger partial charge in [-0.2, -0.15) is 0 Å². The molecule has 0 aromatic carbocycles. The molecule has 104 valence electrons. The Morgan fingerprint density at radius 2 is 2.39 bits per heavy atom. The van der Waals surface area contributed by atoms with Crippen LogP contribution in [0, 0.1) is 0 Å². The van der Waals surface area contributed by atoms with E-state index in [9.17, 15) is 9.90 Å². The van der Waals surface area contributed by atoms with Gasteiger partial charge in [0.2, 0.25) is 0 Å². The molecule has 1 aliphatic carbocycles. The van der Waals surface area contributed by atoms with Crippen molar-refractivity contribution in [3.8, 4) is 0 Å². The number of nitrogens with zero attached hydrogens (tertiary/aromatic N) is 1. The predicted octanol–water partition coefficient (Wildman–Crippen LogP) is 0.693. The van der Waals surface area contributed by atoms with Gasteiger partial charge < -0.3 is 15.2 Å². The van der Waals surface area contributed by atoms with E-state index < -0.39 is 11.5 Å².